The van der Waals surface area contributed by atoms with Gasteiger partial charge in [0.15, 0.2) is 0 Å². The number of para-hydroxylation sites is 2. The Labute approximate surface area is 129 Å². The van der Waals surface area contributed by atoms with Crippen LogP contribution in [-0.4, -0.2) is 16.5 Å². The number of benzene rings is 2. The van der Waals surface area contributed by atoms with Gasteiger partial charge in [0.2, 0.25) is 0 Å². The first-order valence-electron chi connectivity index (χ1n) is 7.91. The summed E-state index contributed by atoms with van der Waals surface area (Å²) in [5.41, 5.74) is 3.36. The van der Waals surface area contributed by atoms with E-state index in [9.17, 15) is 0 Å². The van der Waals surface area contributed by atoms with Crippen LogP contribution in [0.3, 0.4) is 0 Å². The predicted molar refractivity (Wildman–Crippen MR) is 94.5 cm³/mol. The van der Waals surface area contributed by atoms with Crippen LogP contribution in [0.1, 0.15) is 19.8 Å². The van der Waals surface area contributed by atoms with Crippen LogP contribution in [0.2, 0.25) is 0 Å². The van der Waals surface area contributed by atoms with Crippen molar-refractivity contribution in [3.63, 3.8) is 0 Å². The average molecular weight is 289 g/mol. The molecule has 0 spiro atoms. The maximum atomic E-state index is 4.87. The van der Waals surface area contributed by atoms with Crippen LogP contribution in [0.15, 0.2) is 48.5 Å². The summed E-state index contributed by atoms with van der Waals surface area (Å²) in [6.07, 6.45) is 2.33. The van der Waals surface area contributed by atoms with Crippen LogP contribution in [0.5, 0.6) is 0 Å². The largest absolute Gasteiger partial charge is 0.369 e. The Kier molecular flexibility index (Phi) is 3.19. The monoisotopic (exact) mass is 289 g/mol. The molecule has 0 aliphatic carbocycles. The zero-order valence-corrected chi connectivity index (χ0v) is 12.7. The molecule has 0 aliphatic heterocycles. The number of pyridine rings is 1. The minimum Gasteiger partial charge on any atom is -0.369 e. The first kappa shape index (κ1) is 13.1. The molecule has 0 atom stereocenters. The highest BCUT2D eigenvalue weighted by atomic mass is 15.0. The number of fused-ring (bicyclic) bond motifs is 5. The summed E-state index contributed by atoms with van der Waals surface area (Å²) in [5, 5.41) is 7.13. The summed E-state index contributed by atoms with van der Waals surface area (Å²) in [7, 11) is 0. The highest BCUT2D eigenvalue weighted by Crippen LogP contribution is 2.34. The quantitative estimate of drug-likeness (QED) is 0.514. The predicted octanol–water partition coefficient (Wildman–Crippen LogP) is 5.08. The minimum atomic E-state index is 0.955. The van der Waals surface area contributed by atoms with Gasteiger partial charge in [0.1, 0.15) is 5.82 Å². The summed E-state index contributed by atoms with van der Waals surface area (Å²) in [4.78, 5) is 8.44. The van der Waals surface area contributed by atoms with Crippen molar-refractivity contribution in [2.45, 2.75) is 19.8 Å². The molecule has 0 bridgehead atoms. The van der Waals surface area contributed by atoms with Gasteiger partial charge in [0.25, 0.3) is 0 Å². The number of nitrogens with one attached hydrogen (secondary N) is 2. The molecular formula is C19H19N3. The zero-order valence-electron chi connectivity index (χ0n) is 12.7. The molecule has 0 aliphatic rings. The lowest BCUT2D eigenvalue weighted by atomic mass is 10.1. The van der Waals surface area contributed by atoms with Gasteiger partial charge in [0, 0.05) is 22.8 Å². The summed E-state index contributed by atoms with van der Waals surface area (Å²) in [5.74, 6) is 0.986. The molecule has 0 amide bonds. The van der Waals surface area contributed by atoms with Crippen LogP contribution < -0.4 is 5.32 Å². The van der Waals surface area contributed by atoms with Crippen molar-refractivity contribution in [2.75, 3.05) is 11.9 Å². The number of H-pyrrole nitrogens is 1. The van der Waals surface area contributed by atoms with Gasteiger partial charge >= 0.3 is 0 Å². The molecule has 0 fully saturated rings. The van der Waals surface area contributed by atoms with E-state index in [1.807, 2.05) is 6.07 Å². The Bertz CT molecular complexity index is 953. The van der Waals surface area contributed by atoms with E-state index in [0.29, 0.717) is 0 Å². The molecule has 0 radical (unpaired) electrons. The molecular weight excluding hydrogens is 270 g/mol. The first-order chi connectivity index (χ1) is 10.9. The molecule has 0 unspecified atom stereocenters. The van der Waals surface area contributed by atoms with Crippen LogP contribution in [0.4, 0.5) is 5.82 Å². The van der Waals surface area contributed by atoms with Crippen molar-refractivity contribution in [3.05, 3.63) is 48.5 Å². The van der Waals surface area contributed by atoms with Crippen LogP contribution in [0.25, 0.3) is 32.7 Å². The summed E-state index contributed by atoms with van der Waals surface area (Å²) in [6.45, 7) is 3.16. The fraction of sp³-hybridized carbons (Fsp3) is 0.211. The Hall–Kier alpha value is -2.55. The number of hydrogen-bond donors (Lipinski definition) is 2. The highest BCUT2D eigenvalue weighted by molar-refractivity contribution is 6.20. The van der Waals surface area contributed by atoms with Crippen LogP contribution in [-0.2, 0) is 0 Å². The molecule has 4 aromatic rings. The van der Waals surface area contributed by atoms with E-state index in [1.54, 1.807) is 0 Å². The molecule has 2 aromatic carbocycles. The fourth-order valence-corrected chi connectivity index (χ4v) is 3.06. The fourth-order valence-electron chi connectivity index (χ4n) is 3.06. The maximum absolute atomic E-state index is 4.87. The smallest absolute Gasteiger partial charge is 0.136 e. The molecule has 3 nitrogen and oxygen atoms in total. The molecule has 0 saturated heterocycles. The summed E-state index contributed by atoms with van der Waals surface area (Å²) < 4.78 is 0. The number of aromatic nitrogens is 2. The standard InChI is InChI=1S/C19H19N3/c1-2-3-12-20-19-17-13-8-4-6-10-15(13)21-18(17)14-9-5-7-11-16(14)22-19/h4-11,21H,2-3,12H2,1H3,(H,20,22). The third-order valence-corrected chi connectivity index (χ3v) is 4.17. The number of hydrogen-bond acceptors (Lipinski definition) is 2. The molecule has 4 rings (SSSR count). The van der Waals surface area contributed by atoms with E-state index in [0.717, 1.165) is 29.8 Å². The van der Waals surface area contributed by atoms with E-state index in [2.05, 4.69) is 59.7 Å². The van der Waals surface area contributed by atoms with Crippen molar-refractivity contribution >= 4 is 38.5 Å². The van der Waals surface area contributed by atoms with Crippen molar-refractivity contribution in [1.82, 2.24) is 9.97 Å². The molecule has 2 N–H and O–H groups in total. The molecule has 3 heteroatoms. The molecule has 2 aromatic heterocycles. The Morgan fingerprint density at radius 1 is 1.00 bits per heavy atom. The number of anilines is 1. The normalized spacial score (nSPS) is 11.5. The van der Waals surface area contributed by atoms with E-state index >= 15 is 0 Å². The minimum absolute atomic E-state index is 0.955. The number of aromatic amines is 1. The van der Waals surface area contributed by atoms with Gasteiger partial charge in [-0.05, 0) is 18.6 Å². The third-order valence-electron chi connectivity index (χ3n) is 4.17. The SMILES string of the molecule is CCCCNc1nc2ccccc2c2[nH]c3ccccc3c12. The van der Waals surface area contributed by atoms with Gasteiger partial charge in [-0.15, -0.1) is 0 Å². The van der Waals surface area contributed by atoms with Crippen LogP contribution >= 0.6 is 0 Å². The van der Waals surface area contributed by atoms with E-state index in [4.69, 9.17) is 4.98 Å². The van der Waals surface area contributed by atoms with Gasteiger partial charge in [-0.1, -0.05) is 49.7 Å². The van der Waals surface area contributed by atoms with Gasteiger partial charge in [-0.25, -0.2) is 4.98 Å². The lowest BCUT2D eigenvalue weighted by molar-refractivity contribution is 0.832. The lowest BCUT2D eigenvalue weighted by Crippen LogP contribution is -2.03. The second kappa shape index (κ2) is 5.34. The second-order valence-corrected chi connectivity index (χ2v) is 5.68. The van der Waals surface area contributed by atoms with Crippen molar-refractivity contribution in [3.8, 4) is 0 Å². The van der Waals surface area contributed by atoms with Crippen LogP contribution in [0, 0.1) is 0 Å². The number of unbranched alkanes of at least 4 members (excludes halogenated alkanes) is 1. The maximum Gasteiger partial charge on any atom is 0.136 e. The average Bonchev–Trinajstić information content (AvgIpc) is 2.95. The summed E-state index contributed by atoms with van der Waals surface area (Å²) in [6, 6.07) is 16.8. The summed E-state index contributed by atoms with van der Waals surface area (Å²) >= 11 is 0. The van der Waals surface area contributed by atoms with Gasteiger partial charge in [-0.3, -0.25) is 0 Å². The van der Waals surface area contributed by atoms with Crippen molar-refractivity contribution in [1.29, 1.82) is 0 Å². The molecule has 110 valence electrons. The Morgan fingerprint density at radius 2 is 1.77 bits per heavy atom. The number of nitrogens with zero attached hydrogens (tertiary/aromatic N) is 1. The lowest BCUT2D eigenvalue weighted by Gasteiger charge is -2.09. The Balaban J connectivity index is 2.05. The topological polar surface area (TPSA) is 40.7 Å². The van der Waals surface area contributed by atoms with E-state index in [1.165, 1.54) is 28.1 Å². The van der Waals surface area contributed by atoms with Gasteiger partial charge < -0.3 is 10.3 Å². The van der Waals surface area contributed by atoms with E-state index in [-0.39, 0.29) is 0 Å². The highest BCUT2D eigenvalue weighted by Gasteiger charge is 2.13. The van der Waals surface area contributed by atoms with Crippen molar-refractivity contribution in [2.24, 2.45) is 0 Å². The molecule has 0 saturated carbocycles. The zero-order chi connectivity index (χ0) is 14.9. The Morgan fingerprint density at radius 3 is 2.64 bits per heavy atom. The van der Waals surface area contributed by atoms with Gasteiger partial charge in [0.05, 0.1) is 16.4 Å². The molecule has 2 heterocycles. The second-order valence-electron chi connectivity index (χ2n) is 5.68. The van der Waals surface area contributed by atoms with E-state index < -0.39 is 0 Å². The van der Waals surface area contributed by atoms with Crippen molar-refractivity contribution < 1.29 is 0 Å². The first-order valence-corrected chi connectivity index (χ1v) is 7.91. The van der Waals surface area contributed by atoms with Gasteiger partial charge in [-0.2, -0.15) is 0 Å². The molecule has 22 heavy (non-hydrogen) atoms. The number of rotatable bonds is 4. The third kappa shape index (κ3) is 2.01.